The minimum absolute atomic E-state index is 0.516. The number of nitrogens with zero attached hydrogens (tertiary/aromatic N) is 1. The molecule has 0 atom stereocenters. The lowest BCUT2D eigenvalue weighted by atomic mass is 10.9. The van der Waals surface area contributed by atoms with Gasteiger partial charge >= 0.3 is 0 Å². The molecule has 0 saturated carbocycles. The van der Waals surface area contributed by atoms with Gasteiger partial charge in [-0.25, -0.2) is 0 Å². The molecule has 3 nitrogen and oxygen atoms in total. The van der Waals surface area contributed by atoms with Crippen LogP contribution in [0.1, 0.15) is 0 Å². The third kappa shape index (κ3) is 2.93. The Hall–Kier alpha value is -0.760. The molecule has 0 aromatic rings. The molecule has 0 aliphatic carbocycles. The maximum atomic E-state index is 5.08. The molecule has 0 aromatic carbocycles. The van der Waals surface area contributed by atoms with Gasteiger partial charge in [0.2, 0.25) is 0 Å². The molecule has 0 radical (unpaired) electrons. The van der Waals surface area contributed by atoms with E-state index in [0.29, 0.717) is 6.73 Å². The molecule has 3 heteroatoms. The Bertz CT molecular complexity index is 125. The highest BCUT2D eigenvalue weighted by Gasteiger charge is 2.16. The van der Waals surface area contributed by atoms with E-state index in [2.05, 4.69) is 17.6 Å². The van der Waals surface area contributed by atoms with Gasteiger partial charge in [-0.1, -0.05) is 6.58 Å². The van der Waals surface area contributed by atoms with Crippen LogP contribution in [0.4, 0.5) is 0 Å². The molecule has 1 fully saturated rings. The SMILES string of the molecule is C=C=CNCON1CC1. The van der Waals surface area contributed by atoms with Crippen LogP contribution in [0, 0.1) is 0 Å². The summed E-state index contributed by atoms with van der Waals surface area (Å²) in [6.07, 6.45) is 1.63. The van der Waals surface area contributed by atoms with Crippen molar-refractivity contribution in [3.63, 3.8) is 0 Å². The lowest BCUT2D eigenvalue weighted by Crippen LogP contribution is -2.13. The van der Waals surface area contributed by atoms with E-state index in [4.69, 9.17) is 4.84 Å². The average molecular weight is 126 g/mol. The fraction of sp³-hybridized carbons (Fsp3) is 0.500. The van der Waals surface area contributed by atoms with E-state index in [1.165, 1.54) is 0 Å². The maximum Gasteiger partial charge on any atom is 0.138 e. The Morgan fingerprint density at radius 3 is 3.11 bits per heavy atom. The predicted molar refractivity (Wildman–Crippen MR) is 34.4 cm³/mol. The fourth-order valence-electron chi connectivity index (χ4n) is 0.412. The van der Waals surface area contributed by atoms with Crippen LogP contribution in [-0.4, -0.2) is 24.9 Å². The molecule has 1 rings (SSSR count). The number of hydroxylamine groups is 2. The molecule has 1 N–H and O–H groups in total. The van der Waals surface area contributed by atoms with Gasteiger partial charge < -0.3 is 5.32 Å². The van der Waals surface area contributed by atoms with Crippen LogP contribution in [0.3, 0.4) is 0 Å². The van der Waals surface area contributed by atoms with Crippen molar-refractivity contribution in [3.8, 4) is 0 Å². The second kappa shape index (κ2) is 3.30. The Kier molecular flexibility index (Phi) is 2.33. The van der Waals surface area contributed by atoms with E-state index < -0.39 is 0 Å². The zero-order chi connectivity index (χ0) is 6.53. The molecule has 0 bridgehead atoms. The first kappa shape index (κ1) is 6.36. The van der Waals surface area contributed by atoms with Crippen molar-refractivity contribution in [2.24, 2.45) is 0 Å². The Balaban J connectivity index is 1.86. The Labute approximate surface area is 54.6 Å². The molecule has 1 saturated heterocycles. The van der Waals surface area contributed by atoms with E-state index in [1.54, 1.807) is 6.20 Å². The molecule has 0 spiro atoms. The van der Waals surface area contributed by atoms with Crippen molar-refractivity contribution in [2.45, 2.75) is 0 Å². The first-order valence-electron chi connectivity index (χ1n) is 2.89. The average Bonchev–Trinajstić information content (AvgIpc) is 2.63. The molecule has 0 aromatic heterocycles. The minimum Gasteiger partial charge on any atom is -0.361 e. The van der Waals surface area contributed by atoms with Crippen molar-refractivity contribution < 1.29 is 4.84 Å². The Morgan fingerprint density at radius 2 is 2.56 bits per heavy atom. The van der Waals surface area contributed by atoms with Crippen LogP contribution in [-0.2, 0) is 4.84 Å². The summed E-state index contributed by atoms with van der Waals surface area (Å²) >= 11 is 0. The van der Waals surface area contributed by atoms with E-state index in [0.717, 1.165) is 13.1 Å². The molecule has 1 aliphatic heterocycles. The summed E-state index contributed by atoms with van der Waals surface area (Å²) in [4.78, 5) is 5.08. The largest absolute Gasteiger partial charge is 0.361 e. The normalized spacial score (nSPS) is 16.4. The van der Waals surface area contributed by atoms with Gasteiger partial charge in [-0.15, -0.1) is 5.73 Å². The summed E-state index contributed by atoms with van der Waals surface area (Å²) in [7, 11) is 0. The van der Waals surface area contributed by atoms with E-state index in [-0.39, 0.29) is 0 Å². The summed E-state index contributed by atoms with van der Waals surface area (Å²) in [5, 5.41) is 4.71. The maximum absolute atomic E-state index is 5.08. The topological polar surface area (TPSA) is 24.3 Å². The van der Waals surface area contributed by atoms with Crippen LogP contribution in [0.2, 0.25) is 0 Å². The molecular weight excluding hydrogens is 116 g/mol. The quantitative estimate of drug-likeness (QED) is 0.250. The lowest BCUT2D eigenvalue weighted by molar-refractivity contribution is -0.0689. The molecule has 1 heterocycles. The molecule has 0 unspecified atom stereocenters. The third-order valence-corrected chi connectivity index (χ3v) is 0.941. The van der Waals surface area contributed by atoms with Gasteiger partial charge in [0.1, 0.15) is 6.73 Å². The second-order valence-corrected chi connectivity index (χ2v) is 1.76. The van der Waals surface area contributed by atoms with Crippen LogP contribution in [0.15, 0.2) is 18.5 Å². The van der Waals surface area contributed by atoms with Gasteiger partial charge in [0, 0.05) is 19.3 Å². The van der Waals surface area contributed by atoms with Crippen molar-refractivity contribution >= 4 is 0 Å². The van der Waals surface area contributed by atoms with E-state index in [9.17, 15) is 0 Å². The second-order valence-electron chi connectivity index (χ2n) is 1.76. The zero-order valence-corrected chi connectivity index (χ0v) is 5.26. The van der Waals surface area contributed by atoms with Crippen molar-refractivity contribution in [2.75, 3.05) is 19.8 Å². The summed E-state index contributed by atoms with van der Waals surface area (Å²) in [6, 6.07) is 0. The predicted octanol–water partition coefficient (Wildman–Crippen LogP) is 0.0793. The number of hydrogen-bond donors (Lipinski definition) is 1. The van der Waals surface area contributed by atoms with E-state index in [1.807, 2.05) is 5.06 Å². The highest BCUT2D eigenvalue weighted by molar-refractivity contribution is 4.70. The van der Waals surface area contributed by atoms with Crippen molar-refractivity contribution in [1.29, 1.82) is 0 Å². The van der Waals surface area contributed by atoms with Crippen molar-refractivity contribution in [3.05, 3.63) is 18.5 Å². The highest BCUT2D eigenvalue weighted by atomic mass is 16.7. The molecule has 1 aliphatic rings. The van der Waals surface area contributed by atoms with Crippen LogP contribution in [0.5, 0.6) is 0 Å². The molecule has 0 amide bonds. The standard InChI is InChI=1S/C6H10N2O/c1-2-3-7-6-9-8-4-5-8/h3,7H,1,4-6H2. The van der Waals surface area contributed by atoms with Gasteiger partial charge in [-0.3, -0.25) is 4.84 Å². The van der Waals surface area contributed by atoms with Gasteiger partial charge in [0.15, 0.2) is 0 Å². The van der Waals surface area contributed by atoms with Crippen LogP contribution < -0.4 is 5.32 Å². The number of rotatable bonds is 4. The Morgan fingerprint density at radius 1 is 1.78 bits per heavy atom. The van der Waals surface area contributed by atoms with Gasteiger partial charge in [-0.05, 0) is 0 Å². The number of hydrogen-bond acceptors (Lipinski definition) is 3. The summed E-state index contributed by atoms with van der Waals surface area (Å²) < 4.78 is 0. The zero-order valence-electron chi connectivity index (χ0n) is 5.26. The smallest absolute Gasteiger partial charge is 0.138 e. The van der Waals surface area contributed by atoms with E-state index >= 15 is 0 Å². The monoisotopic (exact) mass is 126 g/mol. The van der Waals surface area contributed by atoms with Gasteiger partial charge in [0.25, 0.3) is 0 Å². The van der Waals surface area contributed by atoms with Crippen LogP contribution in [0.25, 0.3) is 0 Å². The summed E-state index contributed by atoms with van der Waals surface area (Å²) in [5.74, 6) is 0. The number of nitrogens with one attached hydrogen (secondary N) is 1. The van der Waals surface area contributed by atoms with Crippen molar-refractivity contribution in [1.82, 2.24) is 10.4 Å². The fourth-order valence-corrected chi connectivity index (χ4v) is 0.412. The third-order valence-electron chi connectivity index (χ3n) is 0.941. The molecular formula is C6H10N2O. The van der Waals surface area contributed by atoms with Gasteiger partial charge in [0.05, 0.1) is 0 Å². The van der Waals surface area contributed by atoms with Gasteiger partial charge in [-0.2, -0.15) is 5.06 Å². The summed E-state index contributed by atoms with van der Waals surface area (Å²) in [6.45, 7) is 6.01. The first-order valence-corrected chi connectivity index (χ1v) is 2.89. The molecule has 50 valence electrons. The highest BCUT2D eigenvalue weighted by Crippen LogP contribution is 2.01. The first-order chi connectivity index (χ1) is 4.43. The minimum atomic E-state index is 0.516. The summed E-state index contributed by atoms with van der Waals surface area (Å²) in [5.41, 5.74) is 2.58. The molecule has 9 heavy (non-hydrogen) atoms. The lowest BCUT2D eigenvalue weighted by Gasteiger charge is -1.99. The van der Waals surface area contributed by atoms with Crippen LogP contribution >= 0.6 is 0 Å².